The molecule has 1 unspecified atom stereocenters. The highest BCUT2D eigenvalue weighted by atomic mass is 32.2. The first kappa shape index (κ1) is 21.6. The second kappa shape index (κ2) is 8.29. The molecule has 1 amide bonds. The number of nitrogens with one attached hydrogen (secondary N) is 1. The molecule has 0 heterocycles. The van der Waals surface area contributed by atoms with E-state index >= 15 is 0 Å². The second-order valence-electron chi connectivity index (χ2n) is 7.80. The number of carbonyl (C=O) groups is 1. The predicted molar refractivity (Wildman–Crippen MR) is 101 cm³/mol. The molecular formula is C18H31N3O3S. The van der Waals surface area contributed by atoms with Crippen molar-refractivity contribution in [1.29, 1.82) is 0 Å². The molecule has 1 rings (SSSR count). The Morgan fingerprint density at radius 1 is 1.20 bits per heavy atom. The van der Waals surface area contributed by atoms with Gasteiger partial charge >= 0.3 is 0 Å². The minimum Gasteiger partial charge on any atom is -0.342 e. The van der Waals surface area contributed by atoms with E-state index in [1.807, 2.05) is 0 Å². The number of hydrogen-bond donors (Lipinski definition) is 2. The first-order chi connectivity index (χ1) is 11.3. The number of hydrogen-bond acceptors (Lipinski definition) is 4. The Bertz CT molecular complexity index is 677. The lowest BCUT2D eigenvalue weighted by Crippen LogP contribution is -2.40. The molecule has 142 valence electrons. The Hall–Kier alpha value is -1.44. The van der Waals surface area contributed by atoms with Gasteiger partial charge < -0.3 is 10.6 Å². The van der Waals surface area contributed by atoms with Gasteiger partial charge in [-0.05, 0) is 57.4 Å². The standard InChI is InChI=1S/C18H31N3O3S/c1-13(2)16(19)11-12-21(6)17(22)14-7-9-15(10-8-14)25(23,24)20-18(3,4)5/h7-10,13,16,20H,11-12,19H2,1-6H3. The van der Waals surface area contributed by atoms with Gasteiger partial charge in [-0.25, -0.2) is 13.1 Å². The molecule has 6 nitrogen and oxygen atoms in total. The largest absolute Gasteiger partial charge is 0.342 e. The van der Waals surface area contributed by atoms with Gasteiger partial charge in [0.15, 0.2) is 0 Å². The molecule has 3 N–H and O–H groups in total. The molecule has 0 fully saturated rings. The summed E-state index contributed by atoms with van der Waals surface area (Å²) in [6.07, 6.45) is 0.724. The number of rotatable bonds is 7. The van der Waals surface area contributed by atoms with Crippen LogP contribution in [0.15, 0.2) is 29.2 Å². The third-order valence-corrected chi connectivity index (χ3v) is 5.63. The van der Waals surface area contributed by atoms with Crippen molar-refractivity contribution >= 4 is 15.9 Å². The van der Waals surface area contributed by atoms with E-state index in [1.54, 1.807) is 44.9 Å². The SMILES string of the molecule is CC(C)C(N)CCN(C)C(=O)c1ccc(S(=O)(=O)NC(C)(C)C)cc1. The Labute approximate surface area is 151 Å². The zero-order chi connectivity index (χ0) is 19.4. The zero-order valence-corrected chi connectivity index (χ0v) is 16.9. The summed E-state index contributed by atoms with van der Waals surface area (Å²) in [5, 5.41) is 0. The molecule has 0 bridgehead atoms. The number of nitrogens with two attached hydrogens (primary N) is 1. The summed E-state index contributed by atoms with van der Waals surface area (Å²) in [6.45, 7) is 10.00. The minimum absolute atomic E-state index is 0.0474. The van der Waals surface area contributed by atoms with Gasteiger partial charge in [-0.2, -0.15) is 0 Å². The van der Waals surface area contributed by atoms with Crippen molar-refractivity contribution in [2.75, 3.05) is 13.6 Å². The van der Waals surface area contributed by atoms with Crippen LogP contribution in [-0.2, 0) is 10.0 Å². The van der Waals surface area contributed by atoms with Crippen molar-refractivity contribution in [2.45, 2.75) is 57.5 Å². The molecule has 0 radical (unpaired) electrons. The maximum Gasteiger partial charge on any atom is 0.253 e. The minimum atomic E-state index is -3.60. The molecule has 0 saturated carbocycles. The van der Waals surface area contributed by atoms with Crippen molar-refractivity contribution in [3.63, 3.8) is 0 Å². The van der Waals surface area contributed by atoms with Crippen LogP contribution >= 0.6 is 0 Å². The molecule has 0 spiro atoms. The highest BCUT2D eigenvalue weighted by Gasteiger charge is 2.22. The van der Waals surface area contributed by atoms with E-state index in [4.69, 9.17) is 5.73 Å². The average molecular weight is 370 g/mol. The van der Waals surface area contributed by atoms with Crippen LogP contribution in [0.4, 0.5) is 0 Å². The summed E-state index contributed by atoms with van der Waals surface area (Å²) in [6, 6.07) is 6.03. The lowest BCUT2D eigenvalue weighted by molar-refractivity contribution is 0.0789. The summed E-state index contributed by atoms with van der Waals surface area (Å²) in [7, 11) is -1.88. The van der Waals surface area contributed by atoms with Crippen LogP contribution < -0.4 is 10.5 Å². The van der Waals surface area contributed by atoms with E-state index in [0.717, 1.165) is 6.42 Å². The lowest BCUT2D eigenvalue weighted by atomic mass is 10.0. The molecule has 0 aromatic heterocycles. The molecule has 1 aromatic carbocycles. The van der Waals surface area contributed by atoms with E-state index in [0.29, 0.717) is 18.0 Å². The molecule has 7 heteroatoms. The van der Waals surface area contributed by atoms with Gasteiger partial charge in [0, 0.05) is 30.7 Å². The van der Waals surface area contributed by atoms with Gasteiger partial charge in [0.25, 0.3) is 5.91 Å². The lowest BCUT2D eigenvalue weighted by Gasteiger charge is -2.22. The topological polar surface area (TPSA) is 92.5 Å². The van der Waals surface area contributed by atoms with E-state index in [-0.39, 0.29) is 16.8 Å². The summed E-state index contributed by atoms with van der Waals surface area (Å²) < 4.78 is 27.2. The third-order valence-electron chi connectivity index (χ3n) is 3.85. The molecule has 1 atom stereocenters. The van der Waals surface area contributed by atoms with Crippen molar-refractivity contribution in [2.24, 2.45) is 11.7 Å². The predicted octanol–water partition coefficient (Wildman–Crippen LogP) is 2.21. The average Bonchev–Trinajstić information content (AvgIpc) is 2.49. The normalized spacial score (nSPS) is 13.8. The maximum atomic E-state index is 12.4. The van der Waals surface area contributed by atoms with Crippen molar-refractivity contribution in [3.05, 3.63) is 29.8 Å². The molecule has 0 saturated heterocycles. The van der Waals surface area contributed by atoms with Crippen molar-refractivity contribution in [1.82, 2.24) is 9.62 Å². The first-order valence-corrected chi connectivity index (χ1v) is 9.97. The monoisotopic (exact) mass is 369 g/mol. The van der Waals surface area contributed by atoms with Crippen molar-refractivity contribution in [3.8, 4) is 0 Å². The first-order valence-electron chi connectivity index (χ1n) is 8.48. The van der Waals surface area contributed by atoms with E-state index in [9.17, 15) is 13.2 Å². The second-order valence-corrected chi connectivity index (χ2v) is 9.49. The quantitative estimate of drug-likeness (QED) is 0.771. The molecule has 1 aromatic rings. The Morgan fingerprint density at radius 3 is 2.16 bits per heavy atom. The fourth-order valence-electron chi connectivity index (χ4n) is 2.24. The fourth-order valence-corrected chi connectivity index (χ4v) is 3.66. The summed E-state index contributed by atoms with van der Waals surface area (Å²) >= 11 is 0. The summed E-state index contributed by atoms with van der Waals surface area (Å²) in [4.78, 5) is 14.2. The molecular weight excluding hydrogens is 338 g/mol. The third kappa shape index (κ3) is 6.76. The van der Waals surface area contributed by atoms with E-state index in [1.165, 1.54) is 12.1 Å². The number of amides is 1. The van der Waals surface area contributed by atoms with Crippen LogP contribution in [0.1, 0.15) is 51.4 Å². The van der Waals surface area contributed by atoms with Crippen LogP contribution in [0.25, 0.3) is 0 Å². The summed E-state index contributed by atoms with van der Waals surface area (Å²) in [5.41, 5.74) is 5.90. The smallest absolute Gasteiger partial charge is 0.253 e. The number of nitrogens with zero attached hydrogens (tertiary/aromatic N) is 1. The van der Waals surface area contributed by atoms with E-state index < -0.39 is 15.6 Å². The fraction of sp³-hybridized carbons (Fsp3) is 0.611. The summed E-state index contributed by atoms with van der Waals surface area (Å²) in [5.74, 6) is 0.215. The number of benzene rings is 1. The Kier molecular flexibility index (Phi) is 7.17. The molecule has 0 aliphatic carbocycles. The van der Waals surface area contributed by atoms with E-state index in [2.05, 4.69) is 18.6 Å². The van der Waals surface area contributed by atoms with Crippen LogP contribution in [0.3, 0.4) is 0 Å². The van der Waals surface area contributed by atoms with Gasteiger partial charge in [-0.15, -0.1) is 0 Å². The number of sulfonamides is 1. The van der Waals surface area contributed by atoms with Gasteiger partial charge in [-0.3, -0.25) is 4.79 Å². The van der Waals surface area contributed by atoms with Gasteiger partial charge in [0.2, 0.25) is 10.0 Å². The zero-order valence-electron chi connectivity index (χ0n) is 16.0. The molecule has 0 aliphatic heterocycles. The van der Waals surface area contributed by atoms with Gasteiger partial charge in [-0.1, -0.05) is 13.8 Å². The maximum absolute atomic E-state index is 12.4. The van der Waals surface area contributed by atoms with Crippen LogP contribution in [0, 0.1) is 5.92 Å². The van der Waals surface area contributed by atoms with Gasteiger partial charge in [0.05, 0.1) is 4.90 Å². The van der Waals surface area contributed by atoms with Crippen LogP contribution in [0.5, 0.6) is 0 Å². The molecule has 25 heavy (non-hydrogen) atoms. The highest BCUT2D eigenvalue weighted by Crippen LogP contribution is 2.15. The number of carbonyl (C=O) groups excluding carboxylic acids is 1. The molecule has 0 aliphatic rings. The highest BCUT2D eigenvalue weighted by molar-refractivity contribution is 7.89. The van der Waals surface area contributed by atoms with Crippen LogP contribution in [-0.4, -0.2) is 44.4 Å². The van der Waals surface area contributed by atoms with Gasteiger partial charge in [0.1, 0.15) is 0 Å². The Balaban J connectivity index is 2.80. The van der Waals surface area contributed by atoms with Crippen molar-refractivity contribution < 1.29 is 13.2 Å². The Morgan fingerprint density at radius 2 is 1.72 bits per heavy atom. The van der Waals surface area contributed by atoms with Crippen LogP contribution in [0.2, 0.25) is 0 Å².